The molecule has 0 saturated carbocycles. The van der Waals surface area contributed by atoms with Crippen LogP contribution in [-0.4, -0.2) is 43.6 Å². The summed E-state index contributed by atoms with van der Waals surface area (Å²) in [6.45, 7) is 6.67. The highest BCUT2D eigenvalue weighted by molar-refractivity contribution is 6.33. The van der Waals surface area contributed by atoms with Crippen LogP contribution in [0.2, 0.25) is 5.02 Å². The normalized spacial score (nSPS) is 10.8. The molecular formula is C20H23ClN6O5. The number of halogens is 1. The Morgan fingerprint density at radius 1 is 1.25 bits per heavy atom. The number of aromatic nitrogens is 4. The van der Waals surface area contributed by atoms with Crippen LogP contribution in [0.25, 0.3) is 0 Å². The molecule has 0 fully saturated rings. The van der Waals surface area contributed by atoms with Crippen LogP contribution in [-0.2, 0) is 17.9 Å². The van der Waals surface area contributed by atoms with Gasteiger partial charge in [-0.05, 0) is 43.4 Å². The molecule has 3 rings (SSSR count). The summed E-state index contributed by atoms with van der Waals surface area (Å²) in [4.78, 5) is 22.6. The third-order valence-electron chi connectivity index (χ3n) is 4.45. The molecule has 0 unspecified atom stereocenters. The molecule has 0 bridgehead atoms. The number of rotatable bonds is 10. The molecule has 2 aromatic heterocycles. The van der Waals surface area contributed by atoms with Gasteiger partial charge >= 0.3 is 5.82 Å². The van der Waals surface area contributed by atoms with E-state index < -0.39 is 16.6 Å². The lowest BCUT2D eigenvalue weighted by molar-refractivity contribution is -0.389. The summed E-state index contributed by atoms with van der Waals surface area (Å²) >= 11 is 5.90. The number of hydrogen-bond acceptors (Lipinski definition) is 7. The molecule has 0 aliphatic heterocycles. The largest absolute Gasteiger partial charge is 0.490 e. The van der Waals surface area contributed by atoms with Crippen molar-refractivity contribution in [2.75, 3.05) is 18.5 Å². The van der Waals surface area contributed by atoms with Gasteiger partial charge in [0.15, 0.2) is 16.5 Å². The van der Waals surface area contributed by atoms with Crippen LogP contribution in [0.1, 0.15) is 25.1 Å². The van der Waals surface area contributed by atoms with Crippen molar-refractivity contribution in [2.24, 2.45) is 0 Å². The van der Waals surface area contributed by atoms with Gasteiger partial charge in [0.05, 0.1) is 42.4 Å². The first-order valence-electron chi connectivity index (χ1n) is 9.90. The number of nitrogens with zero attached hydrogens (tertiary/aromatic N) is 5. The Labute approximate surface area is 189 Å². The molecule has 0 saturated heterocycles. The van der Waals surface area contributed by atoms with Gasteiger partial charge in [0.1, 0.15) is 6.54 Å². The van der Waals surface area contributed by atoms with Crippen molar-refractivity contribution in [2.45, 2.75) is 33.9 Å². The highest BCUT2D eigenvalue weighted by Crippen LogP contribution is 2.29. The zero-order valence-electron chi connectivity index (χ0n) is 17.9. The van der Waals surface area contributed by atoms with Crippen LogP contribution in [0.3, 0.4) is 0 Å². The van der Waals surface area contributed by atoms with Gasteiger partial charge < -0.3 is 24.9 Å². The monoisotopic (exact) mass is 462 g/mol. The topological polar surface area (TPSA) is 126 Å². The van der Waals surface area contributed by atoms with Gasteiger partial charge in [-0.3, -0.25) is 9.48 Å². The van der Waals surface area contributed by atoms with Crippen molar-refractivity contribution in [1.29, 1.82) is 0 Å². The van der Waals surface area contributed by atoms with Gasteiger partial charge in [0.25, 0.3) is 0 Å². The second-order valence-corrected chi connectivity index (χ2v) is 7.14. The number of benzene rings is 1. The number of hydrogen-bond donors (Lipinski definition) is 1. The highest BCUT2D eigenvalue weighted by Gasteiger charge is 2.25. The standard InChI is InChI=1S/C20H23ClN6O5/c1-4-31-16-7-6-14(8-17(16)32-5-2)10-25-11-15(9-22-25)23-18(28)12-26-13(3)19(21)20(24-26)27(29)30/h6-9,11H,4-5,10,12H2,1-3H3,(H,23,28). The maximum Gasteiger partial charge on any atom is 0.408 e. The Morgan fingerprint density at radius 3 is 2.62 bits per heavy atom. The maximum atomic E-state index is 12.4. The fourth-order valence-corrected chi connectivity index (χ4v) is 3.22. The number of ether oxygens (including phenoxy) is 2. The summed E-state index contributed by atoms with van der Waals surface area (Å²) in [6, 6.07) is 5.67. The molecular weight excluding hydrogens is 440 g/mol. The second kappa shape index (κ2) is 10.1. The Balaban J connectivity index is 1.65. The van der Waals surface area contributed by atoms with E-state index in [0.29, 0.717) is 42.6 Å². The number of carbonyl (C=O) groups is 1. The summed E-state index contributed by atoms with van der Waals surface area (Å²) in [5.74, 6) is 0.448. The lowest BCUT2D eigenvalue weighted by atomic mass is 10.2. The Kier molecular flexibility index (Phi) is 7.31. The van der Waals surface area contributed by atoms with Gasteiger partial charge in [0, 0.05) is 6.20 Å². The molecule has 1 amide bonds. The number of carbonyl (C=O) groups excluding carboxylic acids is 1. The quantitative estimate of drug-likeness (QED) is 0.361. The third kappa shape index (κ3) is 5.35. The van der Waals surface area contributed by atoms with Crippen molar-refractivity contribution < 1.29 is 19.2 Å². The van der Waals surface area contributed by atoms with Crippen molar-refractivity contribution in [3.8, 4) is 11.5 Å². The molecule has 170 valence electrons. The first-order chi connectivity index (χ1) is 15.3. The van der Waals surface area contributed by atoms with E-state index in [1.807, 2.05) is 32.0 Å². The lowest BCUT2D eigenvalue weighted by Crippen LogP contribution is -2.20. The minimum absolute atomic E-state index is 0.0857. The van der Waals surface area contributed by atoms with Crippen LogP contribution in [0, 0.1) is 17.0 Å². The summed E-state index contributed by atoms with van der Waals surface area (Å²) in [6.07, 6.45) is 3.20. The first-order valence-corrected chi connectivity index (χ1v) is 10.3. The minimum atomic E-state index is -0.689. The van der Waals surface area contributed by atoms with Crippen LogP contribution in [0.4, 0.5) is 11.5 Å². The Hall–Kier alpha value is -3.60. The zero-order valence-corrected chi connectivity index (χ0v) is 18.6. The van der Waals surface area contributed by atoms with Crippen LogP contribution in [0.15, 0.2) is 30.6 Å². The Bertz CT molecular complexity index is 1130. The molecule has 32 heavy (non-hydrogen) atoms. The SMILES string of the molecule is CCOc1ccc(Cn2cc(NC(=O)Cn3nc([N+](=O)[O-])c(Cl)c3C)cn2)cc1OCC. The summed E-state index contributed by atoms with van der Waals surface area (Å²) in [5, 5.41) is 21.6. The molecule has 1 aromatic carbocycles. The van der Waals surface area contributed by atoms with Crippen molar-refractivity contribution in [1.82, 2.24) is 19.6 Å². The van der Waals surface area contributed by atoms with Gasteiger partial charge in [-0.2, -0.15) is 9.78 Å². The predicted octanol–water partition coefficient (Wildman–Crippen LogP) is 3.43. The number of anilines is 1. The fraction of sp³-hybridized carbons (Fsp3) is 0.350. The van der Waals surface area contributed by atoms with Crippen molar-refractivity contribution in [3.63, 3.8) is 0 Å². The average molecular weight is 463 g/mol. The smallest absolute Gasteiger partial charge is 0.408 e. The summed E-state index contributed by atoms with van der Waals surface area (Å²) in [5.41, 5.74) is 1.77. The van der Waals surface area contributed by atoms with Gasteiger partial charge in [-0.1, -0.05) is 17.7 Å². The Morgan fingerprint density at radius 2 is 1.97 bits per heavy atom. The lowest BCUT2D eigenvalue weighted by Gasteiger charge is -2.12. The molecule has 2 heterocycles. The number of amides is 1. The molecule has 12 heteroatoms. The van der Waals surface area contributed by atoms with Crippen molar-refractivity contribution >= 4 is 29.0 Å². The molecule has 0 aliphatic rings. The average Bonchev–Trinajstić information content (AvgIpc) is 3.29. The highest BCUT2D eigenvalue weighted by atomic mass is 35.5. The molecule has 0 radical (unpaired) electrons. The molecule has 11 nitrogen and oxygen atoms in total. The fourth-order valence-electron chi connectivity index (χ4n) is 3.01. The van der Waals surface area contributed by atoms with Gasteiger partial charge in [-0.15, -0.1) is 0 Å². The van der Waals surface area contributed by atoms with E-state index in [0.717, 1.165) is 5.56 Å². The molecule has 3 aromatic rings. The van der Waals surface area contributed by atoms with Crippen LogP contribution >= 0.6 is 11.6 Å². The van der Waals surface area contributed by atoms with Crippen LogP contribution in [0.5, 0.6) is 11.5 Å². The molecule has 0 spiro atoms. The minimum Gasteiger partial charge on any atom is -0.490 e. The molecule has 0 aliphatic carbocycles. The van der Waals surface area contributed by atoms with E-state index in [-0.39, 0.29) is 11.6 Å². The summed E-state index contributed by atoms with van der Waals surface area (Å²) in [7, 11) is 0. The number of nitrogens with one attached hydrogen (secondary N) is 1. The number of nitro groups is 1. The third-order valence-corrected chi connectivity index (χ3v) is 4.89. The van der Waals surface area contributed by atoms with Crippen molar-refractivity contribution in [3.05, 3.63) is 57.0 Å². The van der Waals surface area contributed by atoms with Gasteiger partial charge in [0.2, 0.25) is 5.91 Å². The first kappa shape index (κ1) is 23.1. The van der Waals surface area contributed by atoms with E-state index in [4.69, 9.17) is 21.1 Å². The molecule has 0 atom stereocenters. The molecule has 1 N–H and O–H groups in total. The summed E-state index contributed by atoms with van der Waals surface area (Å²) < 4.78 is 14.1. The van der Waals surface area contributed by atoms with E-state index in [1.165, 1.54) is 10.9 Å². The second-order valence-electron chi connectivity index (χ2n) is 6.76. The van der Waals surface area contributed by atoms with E-state index >= 15 is 0 Å². The van der Waals surface area contributed by atoms with E-state index in [2.05, 4.69) is 15.5 Å². The predicted molar refractivity (Wildman–Crippen MR) is 117 cm³/mol. The van der Waals surface area contributed by atoms with Gasteiger partial charge in [-0.25, -0.2) is 0 Å². The van der Waals surface area contributed by atoms with Crippen LogP contribution < -0.4 is 14.8 Å². The maximum absolute atomic E-state index is 12.4. The zero-order chi connectivity index (χ0) is 23.3. The van der Waals surface area contributed by atoms with E-state index in [9.17, 15) is 14.9 Å². The van der Waals surface area contributed by atoms with E-state index in [1.54, 1.807) is 17.8 Å².